The normalized spacial score (nSPS) is 11.4. The van der Waals surface area contributed by atoms with E-state index in [0.717, 1.165) is 0 Å². The fourth-order valence-electron chi connectivity index (χ4n) is 2.77. The SMILES string of the molecule is CC(=O)c1ccc(S(=O)(=O)NCC(=O)N(C)Cc2nc3ccccc3c(=O)[nH]2)cc1. The summed E-state index contributed by atoms with van der Waals surface area (Å²) in [5, 5.41) is 0.443. The quantitative estimate of drug-likeness (QED) is 0.542. The van der Waals surface area contributed by atoms with E-state index in [1.807, 2.05) is 0 Å². The second-order valence-electron chi connectivity index (χ2n) is 6.68. The number of hydrogen-bond donors (Lipinski definition) is 2. The van der Waals surface area contributed by atoms with Gasteiger partial charge < -0.3 is 9.88 Å². The van der Waals surface area contributed by atoms with Crippen molar-refractivity contribution in [1.82, 2.24) is 19.6 Å². The van der Waals surface area contributed by atoms with Gasteiger partial charge in [0.1, 0.15) is 5.82 Å². The number of carbonyl (C=O) groups is 2. The van der Waals surface area contributed by atoms with E-state index in [2.05, 4.69) is 14.7 Å². The molecule has 0 aliphatic carbocycles. The van der Waals surface area contributed by atoms with Crippen LogP contribution in [0.25, 0.3) is 10.9 Å². The minimum Gasteiger partial charge on any atom is -0.337 e. The van der Waals surface area contributed by atoms with Gasteiger partial charge in [0.15, 0.2) is 5.78 Å². The van der Waals surface area contributed by atoms with E-state index < -0.39 is 22.5 Å². The van der Waals surface area contributed by atoms with E-state index in [9.17, 15) is 22.8 Å². The number of fused-ring (bicyclic) bond motifs is 1. The molecule has 1 amide bonds. The van der Waals surface area contributed by atoms with Crippen LogP contribution in [0.2, 0.25) is 0 Å². The zero-order valence-electron chi connectivity index (χ0n) is 16.4. The summed E-state index contributed by atoms with van der Waals surface area (Å²) in [5.74, 6) is -0.393. The molecule has 0 saturated heterocycles. The van der Waals surface area contributed by atoms with Crippen molar-refractivity contribution in [3.05, 3.63) is 70.3 Å². The van der Waals surface area contributed by atoms with Gasteiger partial charge >= 0.3 is 0 Å². The van der Waals surface area contributed by atoms with Gasteiger partial charge in [0.05, 0.1) is 28.9 Å². The maximum absolute atomic E-state index is 12.4. The Morgan fingerprint density at radius 2 is 1.77 bits per heavy atom. The Morgan fingerprint density at radius 1 is 1.10 bits per heavy atom. The van der Waals surface area contributed by atoms with Crippen LogP contribution in [0.15, 0.2) is 58.2 Å². The van der Waals surface area contributed by atoms with Crippen LogP contribution in [0.1, 0.15) is 23.1 Å². The minimum absolute atomic E-state index is 0.00788. The third-order valence-corrected chi connectivity index (χ3v) is 5.88. The number of likely N-dealkylation sites (N-methyl/N-ethyl adjacent to an activating group) is 1. The molecule has 0 saturated carbocycles. The van der Waals surface area contributed by atoms with Crippen LogP contribution in [0.5, 0.6) is 0 Å². The Balaban J connectivity index is 1.65. The Bertz CT molecular complexity index is 1270. The third-order valence-electron chi connectivity index (χ3n) is 4.46. The van der Waals surface area contributed by atoms with Crippen LogP contribution < -0.4 is 10.3 Å². The number of para-hydroxylation sites is 1. The number of Topliss-reactive ketones (excluding diaryl/α,β-unsaturated/α-hetero) is 1. The third kappa shape index (κ3) is 4.78. The Hall–Kier alpha value is -3.37. The number of hydrogen-bond acceptors (Lipinski definition) is 6. The molecular weight excluding hydrogens is 408 g/mol. The lowest BCUT2D eigenvalue weighted by Gasteiger charge is -2.17. The first kappa shape index (κ1) is 21.3. The van der Waals surface area contributed by atoms with Crippen molar-refractivity contribution in [1.29, 1.82) is 0 Å². The second kappa shape index (κ2) is 8.56. The van der Waals surface area contributed by atoms with Gasteiger partial charge in [-0.2, -0.15) is 0 Å². The van der Waals surface area contributed by atoms with Crippen LogP contribution in [-0.2, 0) is 21.4 Å². The summed E-state index contributed by atoms with van der Waals surface area (Å²) < 4.78 is 27.0. The first-order valence-electron chi connectivity index (χ1n) is 9.00. The van der Waals surface area contributed by atoms with Gasteiger partial charge in [-0.15, -0.1) is 0 Å². The highest BCUT2D eigenvalue weighted by Crippen LogP contribution is 2.11. The zero-order chi connectivity index (χ0) is 21.9. The van der Waals surface area contributed by atoms with Crippen molar-refractivity contribution in [2.24, 2.45) is 0 Å². The number of nitrogens with zero attached hydrogens (tertiary/aromatic N) is 2. The summed E-state index contributed by atoms with van der Waals surface area (Å²) in [5.41, 5.74) is 0.583. The first-order valence-corrected chi connectivity index (χ1v) is 10.5. The van der Waals surface area contributed by atoms with Crippen LogP contribution in [0, 0.1) is 0 Å². The lowest BCUT2D eigenvalue weighted by Crippen LogP contribution is -2.38. The molecule has 0 unspecified atom stereocenters. The van der Waals surface area contributed by atoms with Crippen LogP contribution >= 0.6 is 0 Å². The number of rotatable bonds is 7. The first-order chi connectivity index (χ1) is 14.2. The number of aromatic amines is 1. The van der Waals surface area contributed by atoms with Crippen molar-refractivity contribution in [2.75, 3.05) is 13.6 Å². The molecule has 3 rings (SSSR count). The van der Waals surface area contributed by atoms with E-state index in [0.29, 0.717) is 16.5 Å². The fourth-order valence-corrected chi connectivity index (χ4v) is 3.74. The number of ketones is 1. The molecule has 0 atom stereocenters. The highest BCUT2D eigenvalue weighted by atomic mass is 32.2. The highest BCUT2D eigenvalue weighted by molar-refractivity contribution is 7.89. The topological polar surface area (TPSA) is 129 Å². The summed E-state index contributed by atoms with van der Waals surface area (Å²) in [6.45, 7) is 0.924. The van der Waals surface area contributed by atoms with Crippen LogP contribution in [0.3, 0.4) is 0 Å². The molecule has 9 nitrogen and oxygen atoms in total. The van der Waals surface area contributed by atoms with Gasteiger partial charge in [-0.1, -0.05) is 24.3 Å². The molecule has 0 spiro atoms. The van der Waals surface area contributed by atoms with Gasteiger partial charge in [0, 0.05) is 12.6 Å². The molecule has 1 heterocycles. The Kier molecular flexibility index (Phi) is 6.09. The smallest absolute Gasteiger partial charge is 0.258 e. The molecule has 0 aliphatic rings. The average Bonchev–Trinajstić information content (AvgIpc) is 2.72. The molecule has 0 aliphatic heterocycles. The van der Waals surface area contributed by atoms with E-state index in [-0.39, 0.29) is 28.6 Å². The summed E-state index contributed by atoms with van der Waals surface area (Å²) in [4.78, 5) is 43.9. The van der Waals surface area contributed by atoms with Gasteiger partial charge in [-0.3, -0.25) is 14.4 Å². The molecule has 2 N–H and O–H groups in total. The number of nitrogens with one attached hydrogen (secondary N) is 2. The summed E-state index contributed by atoms with van der Waals surface area (Å²) in [7, 11) is -2.44. The highest BCUT2D eigenvalue weighted by Gasteiger charge is 2.18. The Morgan fingerprint density at radius 3 is 2.43 bits per heavy atom. The summed E-state index contributed by atoms with van der Waals surface area (Å²) >= 11 is 0. The monoisotopic (exact) mass is 428 g/mol. The summed E-state index contributed by atoms with van der Waals surface area (Å²) in [6.07, 6.45) is 0. The minimum atomic E-state index is -3.92. The number of benzene rings is 2. The lowest BCUT2D eigenvalue weighted by molar-refractivity contribution is -0.129. The second-order valence-corrected chi connectivity index (χ2v) is 8.45. The van der Waals surface area contributed by atoms with Gasteiger partial charge in [0.25, 0.3) is 5.56 Å². The molecule has 30 heavy (non-hydrogen) atoms. The van der Waals surface area contributed by atoms with Gasteiger partial charge in [-0.25, -0.2) is 18.1 Å². The largest absolute Gasteiger partial charge is 0.337 e. The maximum atomic E-state index is 12.4. The summed E-state index contributed by atoms with van der Waals surface area (Å²) in [6, 6.07) is 12.3. The molecule has 3 aromatic rings. The standard InChI is InChI=1S/C20H20N4O5S/c1-13(25)14-7-9-15(10-8-14)30(28,29)21-11-19(26)24(2)12-18-22-17-6-4-3-5-16(17)20(27)23-18/h3-10,21H,11-12H2,1-2H3,(H,22,23,27). The molecule has 1 aromatic heterocycles. The van der Waals surface area contributed by atoms with E-state index in [1.165, 1.54) is 43.1 Å². The average molecular weight is 428 g/mol. The molecule has 0 bridgehead atoms. The molecule has 10 heteroatoms. The van der Waals surface area contributed by atoms with Gasteiger partial charge in [0.2, 0.25) is 15.9 Å². The number of amides is 1. The molecule has 0 radical (unpaired) electrons. The van der Waals surface area contributed by atoms with Crippen molar-refractivity contribution >= 4 is 32.6 Å². The van der Waals surface area contributed by atoms with Gasteiger partial charge in [-0.05, 0) is 31.2 Å². The number of H-pyrrole nitrogens is 1. The van der Waals surface area contributed by atoms with Crippen molar-refractivity contribution < 1.29 is 18.0 Å². The predicted octanol–water partition coefficient (Wildman–Crippen LogP) is 1.06. The predicted molar refractivity (Wildman–Crippen MR) is 110 cm³/mol. The van der Waals surface area contributed by atoms with Crippen LogP contribution in [-0.4, -0.2) is 48.6 Å². The van der Waals surface area contributed by atoms with E-state index >= 15 is 0 Å². The molecule has 2 aromatic carbocycles. The fraction of sp³-hybridized carbons (Fsp3) is 0.200. The van der Waals surface area contributed by atoms with Crippen molar-refractivity contribution in [2.45, 2.75) is 18.4 Å². The van der Waals surface area contributed by atoms with Crippen LogP contribution in [0.4, 0.5) is 0 Å². The molecule has 156 valence electrons. The number of carbonyl (C=O) groups excluding carboxylic acids is 2. The maximum Gasteiger partial charge on any atom is 0.258 e. The van der Waals surface area contributed by atoms with E-state index in [1.54, 1.807) is 24.3 Å². The van der Waals surface area contributed by atoms with E-state index in [4.69, 9.17) is 0 Å². The lowest BCUT2D eigenvalue weighted by atomic mass is 10.2. The van der Waals surface area contributed by atoms with Crippen molar-refractivity contribution in [3.8, 4) is 0 Å². The zero-order valence-corrected chi connectivity index (χ0v) is 17.2. The molecular formula is C20H20N4O5S. The number of sulfonamides is 1. The molecule has 0 fully saturated rings. The van der Waals surface area contributed by atoms with Crippen molar-refractivity contribution in [3.63, 3.8) is 0 Å². The number of aromatic nitrogens is 2. The Labute approximate surface area is 172 Å².